The van der Waals surface area contributed by atoms with Gasteiger partial charge >= 0.3 is 0 Å². The summed E-state index contributed by atoms with van der Waals surface area (Å²) >= 11 is 6.00. The molecule has 1 N–H and O–H groups in total. The number of rotatable bonds is 5. The van der Waals surface area contributed by atoms with Crippen LogP contribution >= 0.6 is 11.6 Å². The SMILES string of the molecule is CCNC(C)c1cccc(F)c1Oc1ccc(Cl)c(C)c1. The Morgan fingerprint density at radius 3 is 2.71 bits per heavy atom. The fraction of sp³-hybridized carbons (Fsp3) is 0.294. The molecular weight excluding hydrogens is 289 g/mol. The van der Waals surface area contributed by atoms with Crippen LogP contribution in [0.3, 0.4) is 0 Å². The quantitative estimate of drug-likeness (QED) is 0.814. The van der Waals surface area contributed by atoms with Gasteiger partial charge in [-0.25, -0.2) is 4.39 Å². The molecule has 0 aliphatic rings. The second-order valence-electron chi connectivity index (χ2n) is 4.95. The monoisotopic (exact) mass is 307 g/mol. The molecular formula is C17H19ClFNO. The van der Waals surface area contributed by atoms with Crippen molar-refractivity contribution in [2.45, 2.75) is 26.8 Å². The van der Waals surface area contributed by atoms with Crippen LogP contribution in [0.4, 0.5) is 4.39 Å². The van der Waals surface area contributed by atoms with E-state index in [0.29, 0.717) is 10.8 Å². The lowest BCUT2D eigenvalue weighted by atomic mass is 10.1. The van der Waals surface area contributed by atoms with E-state index in [1.165, 1.54) is 6.07 Å². The summed E-state index contributed by atoms with van der Waals surface area (Å²) in [7, 11) is 0. The fourth-order valence-electron chi connectivity index (χ4n) is 2.19. The smallest absolute Gasteiger partial charge is 0.167 e. The summed E-state index contributed by atoms with van der Waals surface area (Å²) < 4.78 is 19.9. The summed E-state index contributed by atoms with van der Waals surface area (Å²) in [5, 5.41) is 3.93. The number of ether oxygens (including phenoxy) is 1. The molecule has 1 atom stereocenters. The van der Waals surface area contributed by atoms with Crippen molar-refractivity contribution >= 4 is 11.6 Å². The lowest BCUT2D eigenvalue weighted by Crippen LogP contribution is -2.18. The normalized spacial score (nSPS) is 12.2. The Bertz CT molecular complexity index is 630. The molecule has 0 fully saturated rings. The number of nitrogens with one attached hydrogen (secondary N) is 1. The maximum Gasteiger partial charge on any atom is 0.167 e. The Kier molecular flexibility index (Phi) is 5.21. The molecule has 0 bridgehead atoms. The predicted octanol–water partition coefficient (Wildman–Crippen LogP) is 5.25. The Hall–Kier alpha value is -1.58. The lowest BCUT2D eigenvalue weighted by molar-refractivity contribution is 0.426. The minimum atomic E-state index is -0.371. The fourth-order valence-corrected chi connectivity index (χ4v) is 2.31. The molecule has 2 nitrogen and oxygen atoms in total. The minimum absolute atomic E-state index is 0.00842. The van der Waals surface area contributed by atoms with E-state index in [9.17, 15) is 4.39 Å². The summed E-state index contributed by atoms with van der Waals surface area (Å²) in [4.78, 5) is 0. The van der Waals surface area contributed by atoms with Gasteiger partial charge in [0.1, 0.15) is 5.75 Å². The van der Waals surface area contributed by atoms with Gasteiger partial charge in [0.25, 0.3) is 0 Å². The molecule has 0 saturated heterocycles. The molecule has 0 amide bonds. The molecule has 4 heteroatoms. The van der Waals surface area contributed by atoms with Crippen molar-refractivity contribution < 1.29 is 9.13 Å². The number of aryl methyl sites for hydroxylation is 1. The van der Waals surface area contributed by atoms with Crippen molar-refractivity contribution in [2.24, 2.45) is 0 Å². The highest BCUT2D eigenvalue weighted by Gasteiger charge is 2.16. The molecule has 2 aromatic carbocycles. The minimum Gasteiger partial charge on any atom is -0.454 e. The van der Waals surface area contributed by atoms with E-state index in [4.69, 9.17) is 16.3 Å². The molecule has 2 aromatic rings. The molecule has 0 aliphatic carbocycles. The van der Waals surface area contributed by atoms with Gasteiger partial charge in [0.15, 0.2) is 11.6 Å². The van der Waals surface area contributed by atoms with E-state index in [1.807, 2.05) is 26.8 Å². The zero-order chi connectivity index (χ0) is 15.4. The van der Waals surface area contributed by atoms with Crippen LogP contribution < -0.4 is 10.1 Å². The van der Waals surface area contributed by atoms with E-state index in [2.05, 4.69) is 5.32 Å². The van der Waals surface area contributed by atoms with Crippen LogP contribution in [0.15, 0.2) is 36.4 Å². The van der Waals surface area contributed by atoms with Gasteiger partial charge < -0.3 is 10.1 Å². The first kappa shape index (κ1) is 15.8. The first-order valence-electron chi connectivity index (χ1n) is 6.98. The van der Waals surface area contributed by atoms with Crippen molar-refractivity contribution in [1.82, 2.24) is 5.32 Å². The first-order chi connectivity index (χ1) is 10.0. The third kappa shape index (κ3) is 3.74. The molecule has 0 heterocycles. The molecule has 0 radical (unpaired) electrons. The maximum absolute atomic E-state index is 14.1. The van der Waals surface area contributed by atoms with Gasteiger partial charge in [0.2, 0.25) is 0 Å². The van der Waals surface area contributed by atoms with Crippen LogP contribution in [0.5, 0.6) is 11.5 Å². The maximum atomic E-state index is 14.1. The second kappa shape index (κ2) is 6.92. The highest BCUT2D eigenvalue weighted by atomic mass is 35.5. The van der Waals surface area contributed by atoms with Gasteiger partial charge in [-0.3, -0.25) is 0 Å². The van der Waals surface area contributed by atoms with E-state index in [0.717, 1.165) is 17.7 Å². The summed E-state index contributed by atoms with van der Waals surface area (Å²) in [6.45, 7) is 6.69. The number of halogens is 2. The predicted molar refractivity (Wildman–Crippen MR) is 84.8 cm³/mol. The molecule has 112 valence electrons. The van der Waals surface area contributed by atoms with Crippen LogP contribution in [0.25, 0.3) is 0 Å². The van der Waals surface area contributed by atoms with Crippen molar-refractivity contribution in [3.8, 4) is 11.5 Å². The second-order valence-corrected chi connectivity index (χ2v) is 5.36. The summed E-state index contributed by atoms with van der Waals surface area (Å²) in [5.74, 6) is 0.462. The van der Waals surface area contributed by atoms with Gasteiger partial charge in [0.05, 0.1) is 0 Å². The van der Waals surface area contributed by atoms with Gasteiger partial charge in [-0.1, -0.05) is 30.7 Å². The molecule has 0 saturated carbocycles. The Morgan fingerprint density at radius 1 is 1.29 bits per heavy atom. The summed E-state index contributed by atoms with van der Waals surface area (Å²) in [6.07, 6.45) is 0. The first-order valence-corrected chi connectivity index (χ1v) is 7.36. The number of hydrogen-bond donors (Lipinski definition) is 1. The largest absolute Gasteiger partial charge is 0.454 e. The number of para-hydroxylation sites is 1. The van der Waals surface area contributed by atoms with Crippen molar-refractivity contribution in [3.05, 3.63) is 58.4 Å². The van der Waals surface area contributed by atoms with Gasteiger partial charge in [0, 0.05) is 16.6 Å². The third-order valence-corrected chi connectivity index (χ3v) is 3.75. The molecule has 0 spiro atoms. The van der Waals surface area contributed by atoms with E-state index >= 15 is 0 Å². The lowest BCUT2D eigenvalue weighted by Gasteiger charge is -2.18. The van der Waals surface area contributed by atoms with Crippen molar-refractivity contribution in [2.75, 3.05) is 6.54 Å². The number of benzene rings is 2. The van der Waals surface area contributed by atoms with Crippen LogP contribution in [0, 0.1) is 12.7 Å². The zero-order valence-electron chi connectivity index (χ0n) is 12.4. The van der Waals surface area contributed by atoms with Crippen LogP contribution in [0.2, 0.25) is 5.02 Å². The highest BCUT2D eigenvalue weighted by Crippen LogP contribution is 2.33. The van der Waals surface area contributed by atoms with Crippen LogP contribution in [0.1, 0.15) is 31.0 Å². The van der Waals surface area contributed by atoms with E-state index < -0.39 is 0 Å². The van der Waals surface area contributed by atoms with Crippen LogP contribution in [-0.2, 0) is 0 Å². The van der Waals surface area contributed by atoms with Crippen molar-refractivity contribution in [1.29, 1.82) is 0 Å². The standard InChI is InChI=1S/C17H19ClFNO/c1-4-20-12(3)14-6-5-7-16(19)17(14)21-13-8-9-15(18)11(2)10-13/h5-10,12,20H,4H2,1-3H3. The summed E-state index contributed by atoms with van der Waals surface area (Å²) in [6, 6.07) is 10.3. The molecule has 0 aromatic heterocycles. The molecule has 21 heavy (non-hydrogen) atoms. The third-order valence-electron chi connectivity index (χ3n) is 3.32. The van der Waals surface area contributed by atoms with E-state index in [-0.39, 0.29) is 17.6 Å². The van der Waals surface area contributed by atoms with E-state index in [1.54, 1.807) is 24.3 Å². The van der Waals surface area contributed by atoms with Crippen LogP contribution in [-0.4, -0.2) is 6.54 Å². The highest BCUT2D eigenvalue weighted by molar-refractivity contribution is 6.31. The Balaban J connectivity index is 2.36. The van der Waals surface area contributed by atoms with Gasteiger partial charge in [-0.05, 0) is 50.2 Å². The van der Waals surface area contributed by atoms with Gasteiger partial charge in [-0.15, -0.1) is 0 Å². The molecule has 1 unspecified atom stereocenters. The Morgan fingerprint density at radius 2 is 2.05 bits per heavy atom. The zero-order valence-corrected chi connectivity index (χ0v) is 13.2. The Labute approximate surface area is 129 Å². The average molecular weight is 308 g/mol. The van der Waals surface area contributed by atoms with Gasteiger partial charge in [-0.2, -0.15) is 0 Å². The summed E-state index contributed by atoms with van der Waals surface area (Å²) in [5.41, 5.74) is 1.69. The average Bonchev–Trinajstić information content (AvgIpc) is 2.45. The topological polar surface area (TPSA) is 21.3 Å². The van der Waals surface area contributed by atoms with Crippen molar-refractivity contribution in [3.63, 3.8) is 0 Å². The molecule has 2 rings (SSSR count). The number of hydrogen-bond acceptors (Lipinski definition) is 2. The molecule has 0 aliphatic heterocycles.